The number of ether oxygens (including phenoxy) is 1. The number of amides is 1. The van der Waals surface area contributed by atoms with Crippen molar-refractivity contribution in [1.82, 2.24) is 14.5 Å². The van der Waals surface area contributed by atoms with E-state index in [0.29, 0.717) is 23.5 Å². The Morgan fingerprint density at radius 1 is 1.44 bits per heavy atom. The molecule has 1 aromatic carbocycles. The molecule has 2 aromatic heterocycles. The third kappa shape index (κ3) is 4.37. The second kappa shape index (κ2) is 8.87. The zero-order valence-corrected chi connectivity index (χ0v) is 18.4. The number of fused-ring (bicyclic) bond motifs is 1. The standard InChI is InChI=1S/C24H27N5O3/c1-24(15-28-16-27-19-6-5-17(12-25)10-20(19)28)8-3-4-18(11-24)14-29(23(30)31)21-13-26-9-7-22(21)32-2/h5-7,9-10,13,16,18H,3-4,8,11,14-15H2,1-2H3,(H,30,31). The number of nitriles is 1. The highest BCUT2D eigenvalue weighted by molar-refractivity contribution is 5.87. The molecule has 1 fully saturated rings. The van der Waals surface area contributed by atoms with Gasteiger partial charge in [0.15, 0.2) is 0 Å². The maximum atomic E-state index is 12.1. The SMILES string of the molecule is COc1ccncc1N(CC1CCCC(C)(Cn2cnc3ccc(C#N)cc32)C1)C(=O)O. The van der Waals surface area contributed by atoms with Crippen molar-refractivity contribution in [2.45, 2.75) is 39.2 Å². The summed E-state index contributed by atoms with van der Waals surface area (Å²) < 4.78 is 7.48. The molecule has 1 amide bonds. The molecule has 0 saturated heterocycles. The van der Waals surface area contributed by atoms with E-state index in [0.717, 1.165) is 43.3 Å². The van der Waals surface area contributed by atoms with Crippen LogP contribution in [-0.4, -0.2) is 39.4 Å². The van der Waals surface area contributed by atoms with Gasteiger partial charge >= 0.3 is 6.09 Å². The molecule has 1 saturated carbocycles. The van der Waals surface area contributed by atoms with Crippen LogP contribution < -0.4 is 9.64 Å². The number of carbonyl (C=O) groups is 1. The number of methoxy groups -OCH3 is 1. The quantitative estimate of drug-likeness (QED) is 0.605. The van der Waals surface area contributed by atoms with E-state index < -0.39 is 6.09 Å². The lowest BCUT2D eigenvalue weighted by Gasteiger charge is -2.40. The second-order valence-electron chi connectivity index (χ2n) is 8.90. The molecule has 0 bridgehead atoms. The lowest BCUT2D eigenvalue weighted by Crippen LogP contribution is -2.39. The first kappa shape index (κ1) is 21.6. The maximum Gasteiger partial charge on any atom is 0.411 e. The number of anilines is 1. The Bertz CT molecular complexity index is 1170. The van der Waals surface area contributed by atoms with E-state index in [1.54, 1.807) is 24.5 Å². The largest absolute Gasteiger partial charge is 0.494 e. The molecule has 3 aromatic rings. The molecule has 2 heterocycles. The highest BCUT2D eigenvalue weighted by atomic mass is 16.5. The number of hydrogen-bond donors (Lipinski definition) is 1. The van der Waals surface area contributed by atoms with Gasteiger partial charge in [0, 0.05) is 25.4 Å². The average molecular weight is 434 g/mol. The average Bonchev–Trinajstić information content (AvgIpc) is 3.18. The second-order valence-corrected chi connectivity index (χ2v) is 8.90. The number of hydrogen-bond acceptors (Lipinski definition) is 5. The summed E-state index contributed by atoms with van der Waals surface area (Å²) in [5, 5.41) is 19.1. The molecule has 0 aliphatic heterocycles. The molecule has 0 spiro atoms. The predicted molar refractivity (Wildman–Crippen MR) is 121 cm³/mol. The summed E-state index contributed by atoms with van der Waals surface area (Å²) in [6, 6.07) is 9.41. The van der Waals surface area contributed by atoms with Crippen molar-refractivity contribution >= 4 is 22.8 Å². The van der Waals surface area contributed by atoms with E-state index >= 15 is 0 Å². The minimum atomic E-state index is -1.01. The fraction of sp³-hybridized carbons (Fsp3) is 0.417. The number of aromatic nitrogens is 3. The molecule has 2 unspecified atom stereocenters. The van der Waals surface area contributed by atoms with Gasteiger partial charge in [-0.05, 0) is 48.8 Å². The van der Waals surface area contributed by atoms with Crippen LogP contribution >= 0.6 is 0 Å². The zero-order valence-electron chi connectivity index (χ0n) is 18.4. The topological polar surface area (TPSA) is 104 Å². The third-order valence-electron chi connectivity index (χ3n) is 6.42. The van der Waals surface area contributed by atoms with E-state index in [1.807, 2.05) is 18.5 Å². The molecule has 32 heavy (non-hydrogen) atoms. The van der Waals surface area contributed by atoms with Crippen LogP contribution in [0.15, 0.2) is 43.0 Å². The zero-order chi connectivity index (χ0) is 22.7. The molecule has 0 radical (unpaired) electrons. The molecule has 8 heteroatoms. The minimum Gasteiger partial charge on any atom is -0.494 e. The molecule has 8 nitrogen and oxygen atoms in total. The van der Waals surface area contributed by atoms with Crippen LogP contribution in [0, 0.1) is 22.7 Å². The van der Waals surface area contributed by atoms with Crippen molar-refractivity contribution < 1.29 is 14.6 Å². The Morgan fingerprint density at radius 2 is 2.28 bits per heavy atom. The Hall–Kier alpha value is -3.60. The van der Waals surface area contributed by atoms with Gasteiger partial charge in [-0.25, -0.2) is 9.78 Å². The Kier molecular flexibility index (Phi) is 5.99. The van der Waals surface area contributed by atoms with Crippen LogP contribution in [0.5, 0.6) is 5.75 Å². The van der Waals surface area contributed by atoms with Gasteiger partial charge in [-0.3, -0.25) is 9.88 Å². The van der Waals surface area contributed by atoms with Crippen LogP contribution in [0.1, 0.15) is 38.2 Å². The molecule has 1 aliphatic rings. The smallest absolute Gasteiger partial charge is 0.411 e. The monoisotopic (exact) mass is 433 g/mol. The van der Waals surface area contributed by atoms with Crippen LogP contribution in [0.2, 0.25) is 0 Å². The Balaban J connectivity index is 1.53. The maximum absolute atomic E-state index is 12.1. The van der Waals surface area contributed by atoms with Gasteiger partial charge in [0.25, 0.3) is 0 Å². The van der Waals surface area contributed by atoms with Gasteiger partial charge in [0.05, 0.1) is 42.3 Å². The summed E-state index contributed by atoms with van der Waals surface area (Å²) in [6.45, 7) is 3.43. The van der Waals surface area contributed by atoms with Gasteiger partial charge in [-0.15, -0.1) is 0 Å². The Labute approximate surface area is 187 Å². The molecule has 2 atom stereocenters. The first-order valence-corrected chi connectivity index (χ1v) is 10.8. The fourth-order valence-electron chi connectivity index (χ4n) is 4.97. The summed E-state index contributed by atoms with van der Waals surface area (Å²) in [6.07, 6.45) is 7.94. The van der Waals surface area contributed by atoms with Crippen molar-refractivity contribution in [2.24, 2.45) is 11.3 Å². The number of carboxylic acid groups (broad SMARTS) is 1. The van der Waals surface area contributed by atoms with Crippen molar-refractivity contribution in [2.75, 3.05) is 18.6 Å². The van der Waals surface area contributed by atoms with Gasteiger partial charge < -0.3 is 14.4 Å². The van der Waals surface area contributed by atoms with Crippen molar-refractivity contribution in [3.05, 3.63) is 48.5 Å². The number of rotatable bonds is 6. The van der Waals surface area contributed by atoms with E-state index in [4.69, 9.17) is 4.74 Å². The van der Waals surface area contributed by atoms with Crippen molar-refractivity contribution in [1.29, 1.82) is 5.26 Å². The summed E-state index contributed by atoms with van der Waals surface area (Å²) in [5.41, 5.74) is 2.93. The van der Waals surface area contributed by atoms with E-state index in [9.17, 15) is 15.2 Å². The number of nitrogens with zero attached hydrogens (tertiary/aromatic N) is 5. The van der Waals surface area contributed by atoms with Gasteiger partial charge in [-0.1, -0.05) is 13.3 Å². The minimum absolute atomic E-state index is 0.00237. The molecule has 166 valence electrons. The lowest BCUT2D eigenvalue weighted by atomic mass is 9.70. The van der Waals surface area contributed by atoms with Crippen LogP contribution in [0.3, 0.4) is 0 Å². The van der Waals surface area contributed by atoms with Crippen molar-refractivity contribution in [3.63, 3.8) is 0 Å². The van der Waals surface area contributed by atoms with E-state index in [1.165, 1.54) is 12.0 Å². The fourth-order valence-corrected chi connectivity index (χ4v) is 4.97. The van der Waals surface area contributed by atoms with E-state index in [2.05, 4.69) is 27.5 Å². The number of benzene rings is 1. The molecule has 1 aliphatic carbocycles. The van der Waals surface area contributed by atoms with Gasteiger partial charge in [0.2, 0.25) is 0 Å². The normalized spacial score (nSPS) is 20.6. The first-order valence-electron chi connectivity index (χ1n) is 10.8. The predicted octanol–water partition coefficient (Wildman–Crippen LogP) is 4.69. The molecule has 4 rings (SSSR count). The molecular weight excluding hydrogens is 406 g/mol. The summed E-state index contributed by atoms with van der Waals surface area (Å²) in [7, 11) is 1.53. The summed E-state index contributed by atoms with van der Waals surface area (Å²) in [5.74, 6) is 0.721. The summed E-state index contributed by atoms with van der Waals surface area (Å²) >= 11 is 0. The highest BCUT2D eigenvalue weighted by Gasteiger charge is 2.35. The highest BCUT2D eigenvalue weighted by Crippen LogP contribution is 2.42. The Morgan fingerprint density at radius 3 is 3.03 bits per heavy atom. The van der Waals surface area contributed by atoms with Crippen molar-refractivity contribution in [3.8, 4) is 11.8 Å². The summed E-state index contributed by atoms with van der Waals surface area (Å²) in [4.78, 5) is 22.0. The van der Waals surface area contributed by atoms with E-state index in [-0.39, 0.29) is 11.3 Å². The van der Waals surface area contributed by atoms with Crippen LogP contribution in [0.25, 0.3) is 11.0 Å². The molecule has 1 N–H and O–H groups in total. The first-order chi connectivity index (χ1) is 15.4. The van der Waals surface area contributed by atoms with Gasteiger partial charge in [0.1, 0.15) is 11.4 Å². The number of imidazole rings is 1. The van der Waals surface area contributed by atoms with Gasteiger partial charge in [-0.2, -0.15) is 5.26 Å². The van der Waals surface area contributed by atoms with Crippen LogP contribution in [0.4, 0.5) is 10.5 Å². The van der Waals surface area contributed by atoms with Crippen LogP contribution in [-0.2, 0) is 6.54 Å². The third-order valence-corrected chi connectivity index (χ3v) is 6.42. The molecular formula is C24H27N5O3. The lowest BCUT2D eigenvalue weighted by molar-refractivity contribution is 0.136. The number of pyridine rings is 1.